The van der Waals surface area contributed by atoms with Gasteiger partial charge in [0.25, 0.3) is 5.91 Å². The van der Waals surface area contributed by atoms with E-state index < -0.39 is 0 Å². The van der Waals surface area contributed by atoms with Gasteiger partial charge in [-0.05, 0) is 48.7 Å². The van der Waals surface area contributed by atoms with Crippen LogP contribution in [0.4, 0.5) is 0 Å². The Morgan fingerprint density at radius 2 is 1.26 bits per heavy atom. The fourth-order valence-electron chi connectivity index (χ4n) is 3.64. The van der Waals surface area contributed by atoms with Gasteiger partial charge in [0, 0.05) is 26.2 Å². The normalized spacial score (nSPS) is 13.7. The van der Waals surface area contributed by atoms with Crippen LogP contribution in [0, 0.1) is 0 Å². The van der Waals surface area contributed by atoms with Gasteiger partial charge in [0.15, 0.2) is 6.61 Å². The van der Waals surface area contributed by atoms with E-state index >= 15 is 0 Å². The van der Waals surface area contributed by atoms with Crippen LogP contribution in [0.25, 0.3) is 0 Å². The summed E-state index contributed by atoms with van der Waals surface area (Å²) >= 11 is 0. The van der Waals surface area contributed by atoms with Crippen molar-refractivity contribution in [3.63, 3.8) is 0 Å². The van der Waals surface area contributed by atoms with Crippen LogP contribution in [0.3, 0.4) is 0 Å². The van der Waals surface area contributed by atoms with Gasteiger partial charge in [-0.2, -0.15) is 0 Å². The highest BCUT2D eigenvalue weighted by Gasteiger charge is 2.24. The van der Waals surface area contributed by atoms with Gasteiger partial charge in [-0.1, -0.05) is 37.6 Å². The summed E-state index contributed by atoms with van der Waals surface area (Å²) in [5.41, 5.74) is 2.23. The zero-order valence-corrected chi connectivity index (χ0v) is 18.5. The summed E-state index contributed by atoms with van der Waals surface area (Å²) in [7, 11) is 0. The molecule has 1 aliphatic rings. The van der Waals surface area contributed by atoms with E-state index in [-0.39, 0.29) is 18.4 Å². The largest absolute Gasteiger partial charge is 0.494 e. The Balaban J connectivity index is 1.40. The molecule has 2 aromatic carbocycles. The lowest BCUT2D eigenvalue weighted by molar-refractivity contribution is -0.140. The Kier molecular flexibility index (Phi) is 8.33. The Bertz CT molecular complexity index is 841. The smallest absolute Gasteiger partial charge is 0.260 e. The first-order valence-electron chi connectivity index (χ1n) is 11.1. The minimum absolute atomic E-state index is 0.0211. The number of nitrogens with zero attached hydrogens (tertiary/aromatic N) is 2. The Morgan fingerprint density at radius 1 is 0.742 bits per heavy atom. The lowest BCUT2D eigenvalue weighted by Gasteiger charge is -2.34. The third kappa shape index (κ3) is 6.74. The quantitative estimate of drug-likeness (QED) is 0.620. The third-order valence-corrected chi connectivity index (χ3v) is 5.40. The van der Waals surface area contributed by atoms with Crippen molar-refractivity contribution in [1.82, 2.24) is 9.80 Å². The summed E-state index contributed by atoms with van der Waals surface area (Å²) in [5, 5.41) is 0. The van der Waals surface area contributed by atoms with Crippen LogP contribution >= 0.6 is 0 Å². The van der Waals surface area contributed by atoms with Crippen molar-refractivity contribution >= 4 is 11.8 Å². The SMILES string of the molecule is CCCc1ccc(OCC(=O)N2CCN(C(=O)Cc3ccc(OCC)cc3)CC2)cc1. The van der Waals surface area contributed by atoms with E-state index in [9.17, 15) is 9.59 Å². The summed E-state index contributed by atoms with van der Waals surface area (Å²) in [4.78, 5) is 28.7. The first kappa shape index (κ1) is 22.7. The summed E-state index contributed by atoms with van der Waals surface area (Å²) in [6.45, 7) is 6.90. The molecular weight excluding hydrogens is 392 g/mol. The third-order valence-electron chi connectivity index (χ3n) is 5.40. The molecule has 1 heterocycles. The number of aryl methyl sites for hydroxylation is 1. The second-order valence-corrected chi connectivity index (χ2v) is 7.70. The molecule has 6 nitrogen and oxygen atoms in total. The van der Waals surface area contributed by atoms with Crippen LogP contribution in [0.15, 0.2) is 48.5 Å². The number of amides is 2. The molecule has 31 heavy (non-hydrogen) atoms. The molecule has 0 aliphatic carbocycles. The molecule has 2 aromatic rings. The molecule has 0 aromatic heterocycles. The van der Waals surface area contributed by atoms with Gasteiger partial charge in [-0.25, -0.2) is 0 Å². The summed E-state index contributed by atoms with van der Waals surface area (Å²) in [6, 6.07) is 15.5. The molecule has 3 rings (SSSR count). The van der Waals surface area contributed by atoms with Crippen molar-refractivity contribution in [2.24, 2.45) is 0 Å². The predicted molar refractivity (Wildman–Crippen MR) is 120 cm³/mol. The molecule has 1 fully saturated rings. The van der Waals surface area contributed by atoms with Crippen LogP contribution in [-0.2, 0) is 22.4 Å². The van der Waals surface area contributed by atoms with E-state index in [4.69, 9.17) is 9.47 Å². The van der Waals surface area contributed by atoms with E-state index in [1.807, 2.05) is 60.4 Å². The average molecular weight is 425 g/mol. The lowest BCUT2D eigenvalue weighted by Crippen LogP contribution is -2.52. The Hall–Kier alpha value is -3.02. The molecule has 0 spiro atoms. The second-order valence-electron chi connectivity index (χ2n) is 7.70. The molecule has 0 N–H and O–H groups in total. The fraction of sp³-hybridized carbons (Fsp3) is 0.440. The van der Waals surface area contributed by atoms with Gasteiger partial charge in [-0.15, -0.1) is 0 Å². The number of hydrogen-bond acceptors (Lipinski definition) is 4. The van der Waals surface area contributed by atoms with E-state index in [0.717, 1.165) is 24.2 Å². The zero-order chi connectivity index (χ0) is 22.1. The van der Waals surface area contributed by atoms with E-state index in [0.29, 0.717) is 45.0 Å². The molecule has 2 amide bonds. The molecule has 0 atom stereocenters. The molecule has 0 unspecified atom stereocenters. The molecule has 0 saturated carbocycles. The monoisotopic (exact) mass is 424 g/mol. The highest BCUT2D eigenvalue weighted by Crippen LogP contribution is 2.15. The predicted octanol–water partition coefficient (Wildman–Crippen LogP) is 3.33. The molecule has 6 heteroatoms. The van der Waals surface area contributed by atoms with Gasteiger partial charge in [0.1, 0.15) is 11.5 Å². The van der Waals surface area contributed by atoms with E-state index in [2.05, 4.69) is 6.92 Å². The molecule has 0 radical (unpaired) electrons. The number of benzene rings is 2. The van der Waals surface area contributed by atoms with E-state index in [1.54, 1.807) is 4.90 Å². The van der Waals surface area contributed by atoms with Gasteiger partial charge in [0.05, 0.1) is 13.0 Å². The number of piperazine rings is 1. The van der Waals surface area contributed by atoms with Gasteiger partial charge in [-0.3, -0.25) is 9.59 Å². The number of ether oxygens (including phenoxy) is 2. The minimum Gasteiger partial charge on any atom is -0.494 e. The van der Waals surface area contributed by atoms with Crippen LogP contribution in [0.5, 0.6) is 11.5 Å². The van der Waals surface area contributed by atoms with Crippen molar-refractivity contribution in [2.45, 2.75) is 33.1 Å². The van der Waals surface area contributed by atoms with Gasteiger partial charge in [0.2, 0.25) is 5.91 Å². The molecule has 0 bridgehead atoms. The van der Waals surface area contributed by atoms with Crippen molar-refractivity contribution in [2.75, 3.05) is 39.4 Å². The topological polar surface area (TPSA) is 59.1 Å². The first-order chi connectivity index (χ1) is 15.1. The Morgan fingerprint density at radius 3 is 1.81 bits per heavy atom. The summed E-state index contributed by atoms with van der Waals surface area (Å²) in [6.07, 6.45) is 2.51. The second kappa shape index (κ2) is 11.4. The van der Waals surface area contributed by atoms with Crippen molar-refractivity contribution in [3.05, 3.63) is 59.7 Å². The number of carbonyl (C=O) groups is 2. The summed E-state index contributed by atoms with van der Waals surface area (Å²) in [5.74, 6) is 1.55. The zero-order valence-electron chi connectivity index (χ0n) is 18.5. The molecule has 1 aliphatic heterocycles. The van der Waals surface area contributed by atoms with Crippen molar-refractivity contribution < 1.29 is 19.1 Å². The molecule has 166 valence electrons. The first-order valence-corrected chi connectivity index (χ1v) is 11.1. The van der Waals surface area contributed by atoms with Crippen LogP contribution in [0.1, 0.15) is 31.4 Å². The van der Waals surface area contributed by atoms with Crippen molar-refractivity contribution in [1.29, 1.82) is 0 Å². The fourth-order valence-corrected chi connectivity index (χ4v) is 3.64. The highest BCUT2D eigenvalue weighted by atomic mass is 16.5. The number of carbonyl (C=O) groups excluding carboxylic acids is 2. The minimum atomic E-state index is -0.0451. The molecule has 1 saturated heterocycles. The lowest BCUT2D eigenvalue weighted by atomic mass is 10.1. The standard InChI is InChI=1S/C25H32N2O4/c1-3-5-20-6-10-23(11-7-20)31-19-25(29)27-16-14-26(15-17-27)24(28)18-21-8-12-22(13-9-21)30-4-2/h6-13H,3-5,14-19H2,1-2H3. The maximum absolute atomic E-state index is 12.6. The average Bonchev–Trinajstić information content (AvgIpc) is 2.80. The van der Waals surface area contributed by atoms with Crippen molar-refractivity contribution in [3.8, 4) is 11.5 Å². The van der Waals surface area contributed by atoms with Gasteiger partial charge >= 0.3 is 0 Å². The highest BCUT2D eigenvalue weighted by molar-refractivity contribution is 5.80. The summed E-state index contributed by atoms with van der Waals surface area (Å²) < 4.78 is 11.1. The number of rotatable bonds is 9. The van der Waals surface area contributed by atoms with E-state index in [1.165, 1.54) is 5.56 Å². The Labute approximate surface area is 184 Å². The van der Waals surface area contributed by atoms with Crippen LogP contribution in [-0.4, -0.2) is 61.0 Å². The maximum Gasteiger partial charge on any atom is 0.260 e. The van der Waals surface area contributed by atoms with Crippen LogP contribution < -0.4 is 9.47 Å². The van der Waals surface area contributed by atoms with Crippen LogP contribution in [0.2, 0.25) is 0 Å². The van der Waals surface area contributed by atoms with Gasteiger partial charge < -0.3 is 19.3 Å². The molecular formula is C25H32N2O4. The maximum atomic E-state index is 12.6. The number of hydrogen-bond donors (Lipinski definition) is 0.